The van der Waals surface area contributed by atoms with Crippen LogP contribution in [0.4, 0.5) is 0 Å². The summed E-state index contributed by atoms with van der Waals surface area (Å²) >= 11 is 6.00. The Morgan fingerprint density at radius 1 is 1.14 bits per heavy atom. The normalized spacial score (nSPS) is 11.0. The zero-order valence-corrected chi connectivity index (χ0v) is 12.6. The van der Waals surface area contributed by atoms with Gasteiger partial charge < -0.3 is 5.11 Å². The van der Waals surface area contributed by atoms with E-state index in [1.165, 1.54) is 5.56 Å². The number of aliphatic hydroxyl groups excluding tert-OH is 1. The van der Waals surface area contributed by atoms with Gasteiger partial charge in [-0.2, -0.15) is 0 Å². The molecule has 0 unspecified atom stereocenters. The molecule has 2 aromatic carbocycles. The maximum Gasteiger partial charge on any atom is 0.0711 e. The van der Waals surface area contributed by atoms with Crippen molar-refractivity contribution in [2.24, 2.45) is 0 Å². The van der Waals surface area contributed by atoms with E-state index in [2.05, 4.69) is 24.0 Å². The first-order chi connectivity index (χ1) is 10.2. The van der Waals surface area contributed by atoms with Crippen LogP contribution in [0.1, 0.15) is 11.1 Å². The molecule has 0 atom stereocenters. The highest BCUT2D eigenvalue weighted by Crippen LogP contribution is 2.34. The predicted molar refractivity (Wildman–Crippen MR) is 87.7 cm³/mol. The lowest BCUT2D eigenvalue weighted by molar-refractivity contribution is 0.299. The fourth-order valence-corrected chi connectivity index (χ4v) is 2.90. The van der Waals surface area contributed by atoms with E-state index in [-0.39, 0.29) is 6.61 Å². The minimum absolute atomic E-state index is 0.132. The molecular formula is C18H16ClNO. The van der Waals surface area contributed by atoms with Gasteiger partial charge in [0.1, 0.15) is 0 Å². The van der Waals surface area contributed by atoms with Gasteiger partial charge in [-0.1, -0.05) is 29.8 Å². The van der Waals surface area contributed by atoms with Gasteiger partial charge in [-0.15, -0.1) is 0 Å². The summed E-state index contributed by atoms with van der Waals surface area (Å²) in [5.41, 5.74) is 5.54. The van der Waals surface area contributed by atoms with Crippen molar-refractivity contribution in [2.75, 3.05) is 6.61 Å². The maximum absolute atomic E-state index is 9.39. The van der Waals surface area contributed by atoms with Gasteiger partial charge in [-0.05, 0) is 59.9 Å². The highest BCUT2D eigenvalue weighted by Gasteiger charge is 2.13. The van der Waals surface area contributed by atoms with Crippen LogP contribution in [0.5, 0.6) is 0 Å². The number of aromatic nitrogens is 1. The summed E-state index contributed by atoms with van der Waals surface area (Å²) < 4.78 is 0. The molecular weight excluding hydrogens is 282 g/mol. The molecule has 0 bridgehead atoms. The molecule has 0 saturated carbocycles. The van der Waals surface area contributed by atoms with Crippen molar-refractivity contribution in [3.63, 3.8) is 0 Å². The van der Waals surface area contributed by atoms with Crippen molar-refractivity contribution in [3.05, 3.63) is 64.8 Å². The first-order valence-electron chi connectivity index (χ1n) is 6.94. The van der Waals surface area contributed by atoms with Crippen molar-refractivity contribution in [2.45, 2.75) is 13.3 Å². The molecule has 3 heteroatoms. The van der Waals surface area contributed by atoms with Crippen molar-refractivity contribution in [1.29, 1.82) is 0 Å². The minimum atomic E-state index is 0.132. The topological polar surface area (TPSA) is 33.1 Å². The molecule has 1 aromatic heterocycles. The average molecular weight is 298 g/mol. The van der Waals surface area contributed by atoms with Crippen LogP contribution in [-0.4, -0.2) is 16.7 Å². The van der Waals surface area contributed by atoms with Gasteiger partial charge in [-0.3, -0.25) is 4.98 Å². The highest BCUT2D eigenvalue weighted by atomic mass is 35.5. The molecule has 0 radical (unpaired) electrons. The Bertz CT molecular complexity index is 781. The molecule has 21 heavy (non-hydrogen) atoms. The van der Waals surface area contributed by atoms with E-state index in [0.717, 1.165) is 32.6 Å². The molecule has 1 heterocycles. The van der Waals surface area contributed by atoms with E-state index in [1.54, 1.807) is 6.20 Å². The molecule has 0 aliphatic carbocycles. The van der Waals surface area contributed by atoms with Crippen LogP contribution >= 0.6 is 11.6 Å². The molecule has 3 aromatic rings. The van der Waals surface area contributed by atoms with E-state index in [0.29, 0.717) is 6.42 Å². The van der Waals surface area contributed by atoms with Crippen LogP contribution in [0, 0.1) is 6.92 Å². The molecule has 2 nitrogen and oxygen atoms in total. The molecule has 0 fully saturated rings. The number of aryl methyl sites for hydroxylation is 1. The number of aliphatic hydroxyl groups is 1. The third-order valence-electron chi connectivity index (χ3n) is 3.73. The number of pyridine rings is 1. The van der Waals surface area contributed by atoms with Crippen LogP contribution in [0.15, 0.2) is 48.7 Å². The molecule has 106 valence electrons. The van der Waals surface area contributed by atoms with Gasteiger partial charge in [0.15, 0.2) is 0 Å². The predicted octanol–water partition coefficient (Wildman–Crippen LogP) is 4.40. The Morgan fingerprint density at radius 3 is 2.62 bits per heavy atom. The monoisotopic (exact) mass is 297 g/mol. The van der Waals surface area contributed by atoms with Gasteiger partial charge in [0.25, 0.3) is 0 Å². The quantitative estimate of drug-likeness (QED) is 0.777. The molecule has 0 amide bonds. The van der Waals surface area contributed by atoms with Crippen molar-refractivity contribution in [1.82, 2.24) is 4.98 Å². The van der Waals surface area contributed by atoms with E-state index < -0.39 is 0 Å². The lowest BCUT2D eigenvalue weighted by atomic mass is 9.90. The Hall–Kier alpha value is -1.90. The number of rotatable bonds is 3. The average Bonchev–Trinajstić information content (AvgIpc) is 2.49. The first kappa shape index (κ1) is 14.1. The maximum atomic E-state index is 9.39. The molecule has 0 aliphatic heterocycles. The molecule has 0 aliphatic rings. The number of hydrogen-bond acceptors (Lipinski definition) is 2. The standard InChI is InChI=1S/C18H16ClNO/c1-12-11-17-16(3-2-9-20-17)18(15(12)8-10-21)13-4-6-14(19)7-5-13/h2-7,9,11,21H,8,10H2,1H3. The largest absolute Gasteiger partial charge is 0.396 e. The third kappa shape index (κ3) is 2.65. The molecule has 3 rings (SSSR count). The summed E-state index contributed by atoms with van der Waals surface area (Å²) in [6.07, 6.45) is 2.44. The second kappa shape index (κ2) is 5.84. The number of benzene rings is 2. The Labute approximate surface area is 129 Å². The Kier molecular flexibility index (Phi) is 3.91. The summed E-state index contributed by atoms with van der Waals surface area (Å²) in [7, 11) is 0. The van der Waals surface area contributed by atoms with E-state index >= 15 is 0 Å². The second-order valence-corrected chi connectivity index (χ2v) is 5.53. The molecule has 1 N–H and O–H groups in total. The van der Waals surface area contributed by atoms with Crippen LogP contribution < -0.4 is 0 Å². The van der Waals surface area contributed by atoms with Crippen molar-refractivity contribution < 1.29 is 5.11 Å². The van der Waals surface area contributed by atoms with Crippen LogP contribution in [0.2, 0.25) is 5.02 Å². The Morgan fingerprint density at radius 2 is 1.90 bits per heavy atom. The summed E-state index contributed by atoms with van der Waals surface area (Å²) in [5.74, 6) is 0. The van der Waals surface area contributed by atoms with E-state index in [4.69, 9.17) is 11.6 Å². The summed E-state index contributed by atoms with van der Waals surface area (Å²) in [6, 6.07) is 13.9. The van der Waals surface area contributed by atoms with Gasteiger partial charge in [0, 0.05) is 23.2 Å². The summed E-state index contributed by atoms with van der Waals surface area (Å²) in [6.45, 7) is 2.20. The van der Waals surface area contributed by atoms with Crippen molar-refractivity contribution >= 4 is 22.5 Å². The van der Waals surface area contributed by atoms with E-state index in [9.17, 15) is 5.11 Å². The van der Waals surface area contributed by atoms with Gasteiger partial charge in [0.05, 0.1) is 5.52 Å². The van der Waals surface area contributed by atoms with E-state index in [1.807, 2.05) is 30.3 Å². The highest BCUT2D eigenvalue weighted by molar-refractivity contribution is 6.30. The third-order valence-corrected chi connectivity index (χ3v) is 3.99. The zero-order chi connectivity index (χ0) is 14.8. The summed E-state index contributed by atoms with van der Waals surface area (Å²) in [5, 5.41) is 11.2. The minimum Gasteiger partial charge on any atom is -0.396 e. The van der Waals surface area contributed by atoms with Gasteiger partial charge in [0.2, 0.25) is 0 Å². The van der Waals surface area contributed by atoms with Crippen LogP contribution in [0.25, 0.3) is 22.0 Å². The van der Waals surface area contributed by atoms with Gasteiger partial charge in [-0.25, -0.2) is 0 Å². The van der Waals surface area contributed by atoms with Gasteiger partial charge >= 0.3 is 0 Å². The lowest BCUT2D eigenvalue weighted by Crippen LogP contribution is -1.99. The second-order valence-electron chi connectivity index (χ2n) is 5.10. The summed E-state index contributed by atoms with van der Waals surface area (Å²) in [4.78, 5) is 4.46. The van der Waals surface area contributed by atoms with Crippen molar-refractivity contribution in [3.8, 4) is 11.1 Å². The fraction of sp³-hybridized carbons (Fsp3) is 0.167. The van der Waals surface area contributed by atoms with Crippen LogP contribution in [-0.2, 0) is 6.42 Å². The zero-order valence-electron chi connectivity index (χ0n) is 11.8. The lowest BCUT2D eigenvalue weighted by Gasteiger charge is -2.15. The number of halogens is 1. The molecule has 0 saturated heterocycles. The smallest absolute Gasteiger partial charge is 0.0711 e. The SMILES string of the molecule is Cc1cc2ncccc2c(-c2ccc(Cl)cc2)c1CCO. The number of nitrogens with zero attached hydrogens (tertiary/aromatic N) is 1. The molecule has 0 spiro atoms. The first-order valence-corrected chi connectivity index (χ1v) is 7.32. The Balaban J connectivity index is 2.35. The number of fused-ring (bicyclic) bond motifs is 1. The fourth-order valence-electron chi connectivity index (χ4n) is 2.78. The van der Waals surface area contributed by atoms with Crippen LogP contribution in [0.3, 0.4) is 0 Å². The number of hydrogen-bond donors (Lipinski definition) is 1.